The van der Waals surface area contributed by atoms with Gasteiger partial charge in [-0.1, -0.05) is 0 Å². The van der Waals surface area contributed by atoms with Gasteiger partial charge in [0, 0.05) is 6.04 Å². The van der Waals surface area contributed by atoms with Crippen LogP contribution in [-0.2, 0) is 14.3 Å². The minimum atomic E-state index is -4.26. The van der Waals surface area contributed by atoms with Crippen molar-refractivity contribution in [1.29, 1.82) is 0 Å². The number of likely N-dealkylation sites (N-methyl/N-ethyl adjacent to an activating group) is 1. The molecule has 30 heavy (non-hydrogen) atoms. The minimum absolute atomic E-state index is 0.0940. The van der Waals surface area contributed by atoms with E-state index >= 15 is 0 Å². The molecule has 0 aromatic heterocycles. The number of halogens is 6. The number of alkyl halides is 3. The average molecular weight is 440 g/mol. The van der Waals surface area contributed by atoms with Gasteiger partial charge in [0.1, 0.15) is 6.04 Å². The van der Waals surface area contributed by atoms with Gasteiger partial charge in [0.25, 0.3) is 0 Å². The highest BCUT2D eigenvalue weighted by Gasteiger charge is 2.41. The lowest BCUT2D eigenvalue weighted by Gasteiger charge is -2.31. The Balaban J connectivity index is 2.03. The summed E-state index contributed by atoms with van der Waals surface area (Å²) in [7, 11) is 2.36. The van der Waals surface area contributed by atoms with Gasteiger partial charge in [0.05, 0.1) is 19.6 Å². The van der Waals surface area contributed by atoms with Gasteiger partial charge in [-0.3, -0.25) is 9.69 Å². The van der Waals surface area contributed by atoms with Crippen molar-refractivity contribution >= 4 is 11.9 Å². The second-order valence-corrected chi connectivity index (χ2v) is 7.30. The van der Waals surface area contributed by atoms with Crippen LogP contribution in [0.5, 0.6) is 0 Å². The van der Waals surface area contributed by atoms with E-state index in [1.54, 1.807) is 0 Å². The number of ether oxygens (including phenoxy) is 1. The normalized spacial score (nSPS) is 20.7. The van der Waals surface area contributed by atoms with Crippen LogP contribution in [0.25, 0.3) is 0 Å². The quantitative estimate of drug-likeness (QED) is 0.418. The van der Waals surface area contributed by atoms with Gasteiger partial charge >= 0.3 is 12.1 Å². The summed E-state index contributed by atoms with van der Waals surface area (Å²) in [6.07, 6.45) is -4.13. The molecule has 1 fully saturated rings. The Morgan fingerprint density at radius 3 is 2.13 bits per heavy atom. The van der Waals surface area contributed by atoms with E-state index in [0.29, 0.717) is 12.1 Å². The number of carbonyl (C=O) groups is 2. The van der Waals surface area contributed by atoms with Crippen LogP contribution in [0, 0.1) is 23.4 Å². The van der Waals surface area contributed by atoms with Crippen molar-refractivity contribution in [2.75, 3.05) is 20.7 Å². The van der Waals surface area contributed by atoms with Gasteiger partial charge in [-0.15, -0.1) is 0 Å². The van der Waals surface area contributed by atoms with Crippen molar-refractivity contribution in [2.45, 2.75) is 43.9 Å². The number of benzene rings is 1. The van der Waals surface area contributed by atoms with Crippen LogP contribution < -0.4 is 5.32 Å². The number of nitrogens with one attached hydrogen (secondary N) is 1. The molecule has 1 aliphatic rings. The van der Waals surface area contributed by atoms with Crippen molar-refractivity contribution in [2.24, 2.45) is 5.92 Å². The largest absolute Gasteiger partial charge is 0.468 e. The first kappa shape index (κ1) is 24.0. The van der Waals surface area contributed by atoms with E-state index in [2.05, 4.69) is 10.1 Å². The lowest BCUT2D eigenvalue weighted by molar-refractivity contribution is -0.182. The molecule has 1 amide bonds. The summed E-state index contributed by atoms with van der Waals surface area (Å²) in [4.78, 5) is 25.6. The molecule has 1 saturated carbocycles. The van der Waals surface area contributed by atoms with E-state index in [0.717, 1.165) is 12.0 Å². The van der Waals surface area contributed by atoms with Crippen LogP contribution in [0.2, 0.25) is 0 Å². The zero-order valence-electron chi connectivity index (χ0n) is 16.4. The fourth-order valence-corrected chi connectivity index (χ4v) is 3.57. The molecule has 0 aliphatic heterocycles. The van der Waals surface area contributed by atoms with Crippen LogP contribution >= 0.6 is 0 Å². The Labute approximate surface area is 169 Å². The summed E-state index contributed by atoms with van der Waals surface area (Å²) < 4.78 is 83.2. The number of esters is 1. The van der Waals surface area contributed by atoms with Crippen LogP contribution in [-0.4, -0.2) is 49.7 Å². The molecule has 0 heterocycles. The highest BCUT2D eigenvalue weighted by atomic mass is 19.4. The van der Waals surface area contributed by atoms with Crippen molar-refractivity contribution in [3.63, 3.8) is 0 Å². The maximum atomic E-state index is 13.6. The first-order valence-corrected chi connectivity index (χ1v) is 9.22. The van der Waals surface area contributed by atoms with Gasteiger partial charge in [-0.2, -0.15) is 13.2 Å². The Hall–Kier alpha value is -2.30. The number of nitrogens with zero attached hydrogens (tertiary/aromatic N) is 1. The molecular formula is C19H22F6N2O3. The van der Waals surface area contributed by atoms with Gasteiger partial charge < -0.3 is 10.1 Å². The summed E-state index contributed by atoms with van der Waals surface area (Å²) >= 11 is 0. The maximum absolute atomic E-state index is 13.6. The molecule has 1 atom stereocenters. The van der Waals surface area contributed by atoms with E-state index in [9.17, 15) is 35.9 Å². The number of amides is 1. The third-order valence-corrected chi connectivity index (χ3v) is 5.14. The molecule has 5 nitrogen and oxygen atoms in total. The topological polar surface area (TPSA) is 58.6 Å². The van der Waals surface area contributed by atoms with Crippen LogP contribution in [0.1, 0.15) is 37.3 Å². The molecule has 1 aromatic rings. The molecule has 1 N–H and O–H groups in total. The number of methoxy groups -OCH3 is 1. The fraction of sp³-hybridized carbons (Fsp3) is 0.579. The van der Waals surface area contributed by atoms with E-state index in [1.165, 1.54) is 7.05 Å². The number of hydrogen-bond acceptors (Lipinski definition) is 4. The molecule has 1 unspecified atom stereocenters. The summed E-state index contributed by atoms with van der Waals surface area (Å²) in [5, 5.41) is 2.61. The predicted molar refractivity (Wildman–Crippen MR) is 93.6 cm³/mol. The van der Waals surface area contributed by atoms with Gasteiger partial charge in [0.15, 0.2) is 17.5 Å². The highest BCUT2D eigenvalue weighted by molar-refractivity contribution is 5.81. The first-order valence-electron chi connectivity index (χ1n) is 9.22. The average Bonchev–Trinajstić information content (AvgIpc) is 2.65. The van der Waals surface area contributed by atoms with Gasteiger partial charge in [-0.25, -0.2) is 18.0 Å². The fourth-order valence-electron chi connectivity index (χ4n) is 3.57. The molecule has 1 aliphatic carbocycles. The molecular weight excluding hydrogens is 418 g/mol. The monoisotopic (exact) mass is 440 g/mol. The molecule has 168 valence electrons. The third kappa shape index (κ3) is 5.87. The van der Waals surface area contributed by atoms with E-state index < -0.39 is 60.1 Å². The Morgan fingerprint density at radius 2 is 1.67 bits per heavy atom. The highest BCUT2D eigenvalue weighted by Crippen LogP contribution is 2.37. The molecule has 0 spiro atoms. The molecule has 11 heteroatoms. The minimum Gasteiger partial charge on any atom is -0.468 e. The van der Waals surface area contributed by atoms with E-state index in [4.69, 9.17) is 0 Å². The van der Waals surface area contributed by atoms with Crippen molar-refractivity contribution in [1.82, 2.24) is 10.2 Å². The van der Waals surface area contributed by atoms with E-state index in [-0.39, 0.29) is 31.2 Å². The zero-order valence-corrected chi connectivity index (χ0v) is 16.4. The standard InChI is InChI=1S/C19H22F6N2O3/c1-27(9-15(28)26-12-5-3-11(4-6-12)19(23,24)25)17(18(29)30-2)10-7-13(20)16(22)14(21)8-10/h7-8,11-12,17H,3-6,9H2,1-2H3,(H,26,28). The summed E-state index contributed by atoms with van der Waals surface area (Å²) in [5.74, 6) is -7.60. The van der Waals surface area contributed by atoms with Crippen LogP contribution in [0.3, 0.4) is 0 Å². The number of rotatable bonds is 6. The molecule has 0 saturated heterocycles. The van der Waals surface area contributed by atoms with Crippen LogP contribution in [0.15, 0.2) is 12.1 Å². The summed E-state index contributed by atoms with van der Waals surface area (Å²) in [6.45, 7) is -0.403. The smallest absolute Gasteiger partial charge is 0.391 e. The Bertz CT molecular complexity index is 755. The molecule has 1 aromatic carbocycles. The first-order chi connectivity index (χ1) is 13.9. The Morgan fingerprint density at radius 1 is 1.13 bits per heavy atom. The van der Waals surface area contributed by atoms with Crippen molar-refractivity contribution in [3.8, 4) is 0 Å². The van der Waals surface area contributed by atoms with Crippen molar-refractivity contribution < 1.29 is 40.7 Å². The number of hydrogen-bond donors (Lipinski definition) is 1. The molecule has 0 bridgehead atoms. The maximum Gasteiger partial charge on any atom is 0.391 e. The van der Waals surface area contributed by atoms with Gasteiger partial charge in [-0.05, 0) is 50.4 Å². The second-order valence-electron chi connectivity index (χ2n) is 7.30. The zero-order chi connectivity index (χ0) is 22.6. The lowest BCUT2D eigenvalue weighted by atomic mass is 9.85. The predicted octanol–water partition coefficient (Wildman–Crippen LogP) is 3.49. The SMILES string of the molecule is COC(=O)C(c1cc(F)c(F)c(F)c1)N(C)CC(=O)NC1CCC(C(F)(F)F)CC1. The summed E-state index contributed by atoms with van der Waals surface area (Å²) in [5.41, 5.74) is -0.251. The lowest BCUT2D eigenvalue weighted by Crippen LogP contribution is -2.45. The Kier molecular flexibility index (Phi) is 7.73. The molecule has 2 rings (SSSR count). The summed E-state index contributed by atoms with van der Waals surface area (Å²) in [6, 6.07) is -0.576. The number of carbonyl (C=O) groups excluding carboxylic acids is 2. The van der Waals surface area contributed by atoms with Gasteiger partial charge in [0.2, 0.25) is 5.91 Å². The second kappa shape index (κ2) is 9.67. The van der Waals surface area contributed by atoms with E-state index in [1.807, 2.05) is 0 Å². The third-order valence-electron chi connectivity index (χ3n) is 5.14. The van der Waals surface area contributed by atoms with Crippen molar-refractivity contribution in [3.05, 3.63) is 35.1 Å². The van der Waals surface area contributed by atoms with Crippen LogP contribution in [0.4, 0.5) is 26.3 Å². The molecule has 0 radical (unpaired) electrons.